The predicted molar refractivity (Wildman–Crippen MR) is 64.5 cm³/mol. The quantitative estimate of drug-likeness (QED) is 0.751. The van der Waals surface area contributed by atoms with Crippen molar-refractivity contribution in [1.29, 1.82) is 0 Å². The molecule has 2 rings (SSSR count). The molecule has 2 fully saturated rings. The molecule has 0 amide bonds. The van der Waals surface area contributed by atoms with Gasteiger partial charge in [-0.25, -0.2) is 0 Å². The minimum atomic E-state index is 0.395. The summed E-state index contributed by atoms with van der Waals surface area (Å²) in [5, 5.41) is 3.62. The van der Waals surface area contributed by atoms with Crippen LogP contribution in [0.3, 0.4) is 0 Å². The summed E-state index contributed by atoms with van der Waals surface area (Å²) in [6, 6.07) is 0.489. The van der Waals surface area contributed by atoms with Crippen molar-refractivity contribution >= 4 is 0 Å². The number of likely N-dealkylation sites (N-methyl/N-ethyl adjacent to an activating group) is 1. The third-order valence-corrected chi connectivity index (χ3v) is 3.86. The first-order valence-corrected chi connectivity index (χ1v) is 6.70. The van der Waals surface area contributed by atoms with Gasteiger partial charge in [-0.2, -0.15) is 0 Å². The molecule has 0 radical (unpaired) electrons. The summed E-state index contributed by atoms with van der Waals surface area (Å²) in [4.78, 5) is 0. The van der Waals surface area contributed by atoms with E-state index < -0.39 is 0 Å². The fourth-order valence-electron chi connectivity index (χ4n) is 2.89. The minimum absolute atomic E-state index is 0.395. The molecule has 1 saturated heterocycles. The van der Waals surface area contributed by atoms with E-state index in [9.17, 15) is 0 Å². The fourth-order valence-corrected chi connectivity index (χ4v) is 2.89. The summed E-state index contributed by atoms with van der Waals surface area (Å²) < 4.78 is 11.3. The molecule has 2 aliphatic rings. The zero-order valence-corrected chi connectivity index (χ0v) is 10.6. The fraction of sp³-hybridized carbons (Fsp3) is 1.00. The van der Waals surface area contributed by atoms with Gasteiger partial charge in [0.2, 0.25) is 0 Å². The van der Waals surface area contributed by atoms with Crippen LogP contribution in [-0.2, 0) is 9.47 Å². The van der Waals surface area contributed by atoms with Crippen molar-refractivity contribution in [3.05, 3.63) is 0 Å². The van der Waals surface area contributed by atoms with E-state index in [1.807, 2.05) is 7.11 Å². The molecule has 1 heterocycles. The van der Waals surface area contributed by atoms with Crippen LogP contribution in [0.25, 0.3) is 0 Å². The van der Waals surface area contributed by atoms with Gasteiger partial charge in [-0.15, -0.1) is 0 Å². The molecule has 1 N–H and O–H groups in total. The van der Waals surface area contributed by atoms with E-state index in [2.05, 4.69) is 12.2 Å². The van der Waals surface area contributed by atoms with Gasteiger partial charge in [0, 0.05) is 25.7 Å². The summed E-state index contributed by atoms with van der Waals surface area (Å²) in [7, 11) is 1.86. The van der Waals surface area contributed by atoms with Gasteiger partial charge in [0.1, 0.15) is 0 Å². The van der Waals surface area contributed by atoms with E-state index in [1.165, 1.54) is 25.7 Å². The largest absolute Gasteiger partial charge is 0.381 e. The minimum Gasteiger partial charge on any atom is -0.381 e. The SMILES string of the molecule is CCNC(C1CCCOC1)C(OC)C1CC1. The zero-order valence-electron chi connectivity index (χ0n) is 10.6. The molecule has 3 atom stereocenters. The predicted octanol–water partition coefficient (Wildman–Crippen LogP) is 1.82. The Morgan fingerprint density at radius 1 is 1.31 bits per heavy atom. The van der Waals surface area contributed by atoms with Crippen LogP contribution < -0.4 is 5.32 Å². The van der Waals surface area contributed by atoms with Crippen molar-refractivity contribution in [2.75, 3.05) is 26.9 Å². The van der Waals surface area contributed by atoms with Crippen LogP contribution in [0.5, 0.6) is 0 Å². The highest BCUT2D eigenvalue weighted by Crippen LogP contribution is 2.38. The monoisotopic (exact) mass is 227 g/mol. The molecular formula is C13H25NO2. The van der Waals surface area contributed by atoms with Gasteiger partial charge in [0.05, 0.1) is 12.7 Å². The second-order valence-electron chi connectivity index (χ2n) is 5.10. The highest BCUT2D eigenvalue weighted by atomic mass is 16.5. The Balaban J connectivity index is 1.95. The third-order valence-electron chi connectivity index (χ3n) is 3.86. The van der Waals surface area contributed by atoms with E-state index in [4.69, 9.17) is 9.47 Å². The first-order chi connectivity index (χ1) is 7.86. The number of nitrogens with one attached hydrogen (secondary N) is 1. The molecular weight excluding hydrogens is 202 g/mol. The van der Waals surface area contributed by atoms with Crippen LogP contribution in [0.15, 0.2) is 0 Å². The van der Waals surface area contributed by atoms with Crippen LogP contribution >= 0.6 is 0 Å². The number of hydrogen-bond acceptors (Lipinski definition) is 3. The van der Waals surface area contributed by atoms with Crippen LogP contribution in [0.1, 0.15) is 32.6 Å². The maximum atomic E-state index is 5.72. The van der Waals surface area contributed by atoms with Gasteiger partial charge >= 0.3 is 0 Å². The Hall–Kier alpha value is -0.120. The van der Waals surface area contributed by atoms with E-state index in [0.717, 1.165) is 25.7 Å². The summed E-state index contributed by atoms with van der Waals surface area (Å²) in [6.45, 7) is 5.05. The van der Waals surface area contributed by atoms with E-state index >= 15 is 0 Å². The standard InChI is InChI=1S/C13H25NO2/c1-3-14-12(11-5-4-8-16-9-11)13(15-2)10-6-7-10/h10-14H,3-9H2,1-2H3. The number of rotatable bonds is 6. The van der Waals surface area contributed by atoms with Crippen molar-refractivity contribution in [1.82, 2.24) is 5.32 Å². The highest BCUT2D eigenvalue weighted by molar-refractivity contribution is 4.93. The maximum absolute atomic E-state index is 5.72. The van der Waals surface area contributed by atoms with Crippen molar-refractivity contribution in [2.45, 2.75) is 44.8 Å². The molecule has 0 bridgehead atoms. The molecule has 1 aliphatic carbocycles. The lowest BCUT2D eigenvalue weighted by molar-refractivity contribution is -0.0168. The van der Waals surface area contributed by atoms with Crippen LogP contribution in [-0.4, -0.2) is 39.0 Å². The Morgan fingerprint density at radius 2 is 2.12 bits per heavy atom. The molecule has 1 saturated carbocycles. The van der Waals surface area contributed by atoms with E-state index in [1.54, 1.807) is 0 Å². The first-order valence-electron chi connectivity index (χ1n) is 6.70. The summed E-state index contributed by atoms with van der Waals surface area (Å²) in [6.07, 6.45) is 5.56. The van der Waals surface area contributed by atoms with Crippen molar-refractivity contribution in [3.8, 4) is 0 Å². The van der Waals surface area contributed by atoms with Crippen molar-refractivity contribution in [3.63, 3.8) is 0 Å². The van der Waals surface area contributed by atoms with Crippen molar-refractivity contribution < 1.29 is 9.47 Å². The summed E-state index contributed by atoms with van der Waals surface area (Å²) >= 11 is 0. The normalized spacial score (nSPS) is 30.0. The molecule has 0 aromatic heterocycles. The van der Waals surface area contributed by atoms with Gasteiger partial charge in [-0.3, -0.25) is 0 Å². The van der Waals surface area contributed by atoms with E-state index in [-0.39, 0.29) is 0 Å². The smallest absolute Gasteiger partial charge is 0.0755 e. The lowest BCUT2D eigenvalue weighted by Crippen LogP contribution is -2.49. The van der Waals surface area contributed by atoms with E-state index in [0.29, 0.717) is 18.1 Å². The Bertz CT molecular complexity index is 200. The molecule has 3 unspecified atom stereocenters. The Kier molecular flexibility index (Phi) is 4.62. The average molecular weight is 227 g/mol. The second kappa shape index (κ2) is 5.99. The average Bonchev–Trinajstić information content (AvgIpc) is 3.15. The maximum Gasteiger partial charge on any atom is 0.0755 e. The molecule has 0 aromatic rings. The second-order valence-corrected chi connectivity index (χ2v) is 5.10. The third kappa shape index (κ3) is 2.96. The lowest BCUT2D eigenvalue weighted by atomic mass is 9.88. The van der Waals surface area contributed by atoms with Crippen LogP contribution in [0.4, 0.5) is 0 Å². The Labute approximate surface area is 98.9 Å². The molecule has 1 aliphatic heterocycles. The highest BCUT2D eigenvalue weighted by Gasteiger charge is 2.40. The van der Waals surface area contributed by atoms with Gasteiger partial charge in [0.15, 0.2) is 0 Å². The van der Waals surface area contributed by atoms with Gasteiger partial charge in [-0.05, 0) is 38.1 Å². The molecule has 0 aromatic carbocycles. The lowest BCUT2D eigenvalue weighted by Gasteiger charge is -2.35. The number of hydrogen-bond donors (Lipinski definition) is 1. The van der Waals surface area contributed by atoms with Gasteiger partial charge < -0.3 is 14.8 Å². The van der Waals surface area contributed by atoms with Crippen LogP contribution in [0, 0.1) is 11.8 Å². The van der Waals surface area contributed by atoms with Gasteiger partial charge in [0.25, 0.3) is 0 Å². The summed E-state index contributed by atoms with van der Waals surface area (Å²) in [5.41, 5.74) is 0. The van der Waals surface area contributed by atoms with Crippen molar-refractivity contribution in [2.24, 2.45) is 11.8 Å². The zero-order chi connectivity index (χ0) is 11.4. The summed E-state index contributed by atoms with van der Waals surface area (Å²) in [5.74, 6) is 1.43. The van der Waals surface area contributed by atoms with Crippen LogP contribution in [0.2, 0.25) is 0 Å². The molecule has 3 nitrogen and oxygen atoms in total. The molecule has 3 heteroatoms. The molecule has 16 heavy (non-hydrogen) atoms. The molecule has 0 spiro atoms. The first kappa shape index (κ1) is 12.3. The number of ether oxygens (including phenoxy) is 2. The number of methoxy groups -OCH3 is 1. The van der Waals surface area contributed by atoms with Gasteiger partial charge in [-0.1, -0.05) is 6.92 Å². The topological polar surface area (TPSA) is 30.5 Å². The Morgan fingerprint density at radius 3 is 2.62 bits per heavy atom. The molecule has 94 valence electrons.